The Balaban J connectivity index is 3.23. The molecule has 19 heavy (non-hydrogen) atoms. The van der Waals surface area contributed by atoms with Gasteiger partial charge in [-0.2, -0.15) is 0 Å². The van der Waals surface area contributed by atoms with Crippen LogP contribution in [0.1, 0.15) is 58.3 Å². The highest BCUT2D eigenvalue weighted by Crippen LogP contribution is 2.25. The zero-order chi connectivity index (χ0) is 14.4. The first-order chi connectivity index (χ1) is 9.04. The van der Waals surface area contributed by atoms with E-state index in [9.17, 15) is 0 Å². The minimum atomic E-state index is 0.345. The number of nitrogens with zero attached hydrogens (tertiary/aromatic N) is 3. The van der Waals surface area contributed by atoms with Gasteiger partial charge in [0.2, 0.25) is 0 Å². The minimum absolute atomic E-state index is 0.345. The van der Waals surface area contributed by atoms with Crippen LogP contribution in [-0.4, -0.2) is 29.6 Å². The highest BCUT2D eigenvalue weighted by molar-refractivity contribution is 5.58. The van der Waals surface area contributed by atoms with E-state index in [0.717, 1.165) is 49.1 Å². The molecular weight excluding hydrogens is 236 g/mol. The molecular formula is C15H28N4. The Morgan fingerprint density at radius 3 is 2.21 bits per heavy atom. The molecule has 1 rings (SSSR count). The lowest BCUT2D eigenvalue weighted by molar-refractivity contribution is 0.751. The van der Waals surface area contributed by atoms with Crippen LogP contribution in [0.25, 0.3) is 0 Å². The average Bonchev–Trinajstić information content (AvgIpc) is 2.40. The van der Waals surface area contributed by atoms with Crippen LogP contribution in [0.4, 0.5) is 11.6 Å². The van der Waals surface area contributed by atoms with E-state index in [4.69, 9.17) is 4.98 Å². The van der Waals surface area contributed by atoms with Gasteiger partial charge >= 0.3 is 0 Å². The first-order valence-corrected chi connectivity index (χ1v) is 7.42. The van der Waals surface area contributed by atoms with Gasteiger partial charge in [0.25, 0.3) is 0 Å². The lowest BCUT2D eigenvalue weighted by Gasteiger charge is -2.24. The second kappa shape index (κ2) is 7.31. The van der Waals surface area contributed by atoms with Gasteiger partial charge in [-0.15, -0.1) is 0 Å². The summed E-state index contributed by atoms with van der Waals surface area (Å²) in [5.74, 6) is 3.33. The maximum Gasteiger partial charge on any atom is 0.137 e. The maximum absolute atomic E-state index is 4.76. The van der Waals surface area contributed by atoms with Gasteiger partial charge in [0, 0.05) is 31.1 Å². The molecule has 0 amide bonds. The molecule has 0 fully saturated rings. The topological polar surface area (TPSA) is 41.1 Å². The fourth-order valence-corrected chi connectivity index (χ4v) is 2.03. The van der Waals surface area contributed by atoms with Gasteiger partial charge in [0.05, 0.1) is 0 Å². The van der Waals surface area contributed by atoms with E-state index < -0.39 is 0 Å². The van der Waals surface area contributed by atoms with Crippen LogP contribution in [0, 0.1) is 6.92 Å². The molecule has 0 radical (unpaired) electrons. The van der Waals surface area contributed by atoms with E-state index >= 15 is 0 Å². The van der Waals surface area contributed by atoms with E-state index in [2.05, 4.69) is 56.7 Å². The van der Waals surface area contributed by atoms with Crippen LogP contribution in [-0.2, 0) is 0 Å². The molecule has 0 atom stereocenters. The van der Waals surface area contributed by atoms with E-state index in [-0.39, 0.29) is 0 Å². The monoisotopic (exact) mass is 264 g/mol. The fraction of sp³-hybridized carbons (Fsp3) is 0.733. The Labute approximate surface area is 117 Å². The van der Waals surface area contributed by atoms with Crippen molar-refractivity contribution in [3.8, 4) is 0 Å². The van der Waals surface area contributed by atoms with Gasteiger partial charge in [-0.1, -0.05) is 20.8 Å². The van der Waals surface area contributed by atoms with Crippen LogP contribution in [0.5, 0.6) is 0 Å². The Morgan fingerprint density at radius 1 is 1.11 bits per heavy atom. The second-order valence-corrected chi connectivity index (χ2v) is 5.13. The molecule has 0 aliphatic carbocycles. The van der Waals surface area contributed by atoms with Crippen molar-refractivity contribution in [1.29, 1.82) is 0 Å². The molecule has 1 N–H and O–H groups in total. The summed E-state index contributed by atoms with van der Waals surface area (Å²) in [5, 5.41) is 3.42. The van der Waals surface area contributed by atoms with Crippen molar-refractivity contribution in [2.24, 2.45) is 0 Å². The molecule has 0 unspecified atom stereocenters. The van der Waals surface area contributed by atoms with Gasteiger partial charge in [-0.25, -0.2) is 9.97 Å². The third-order valence-corrected chi connectivity index (χ3v) is 3.26. The molecule has 108 valence electrons. The van der Waals surface area contributed by atoms with E-state index in [1.807, 2.05) is 0 Å². The summed E-state index contributed by atoms with van der Waals surface area (Å²) in [6.07, 6.45) is 1.10. The summed E-state index contributed by atoms with van der Waals surface area (Å²) >= 11 is 0. The van der Waals surface area contributed by atoms with Crippen molar-refractivity contribution in [2.75, 3.05) is 29.9 Å². The van der Waals surface area contributed by atoms with Gasteiger partial charge in [0.1, 0.15) is 17.5 Å². The van der Waals surface area contributed by atoms with E-state index in [1.54, 1.807) is 0 Å². The largest absolute Gasteiger partial charge is 0.370 e. The Bertz CT molecular complexity index is 397. The van der Waals surface area contributed by atoms with Crippen LogP contribution in [0.15, 0.2) is 0 Å². The normalized spacial score (nSPS) is 10.9. The lowest BCUT2D eigenvalue weighted by atomic mass is 10.2. The number of anilines is 2. The van der Waals surface area contributed by atoms with Crippen molar-refractivity contribution in [2.45, 2.75) is 53.9 Å². The molecule has 0 bridgehead atoms. The highest BCUT2D eigenvalue weighted by atomic mass is 15.2. The van der Waals surface area contributed by atoms with Crippen LogP contribution < -0.4 is 10.2 Å². The summed E-state index contributed by atoms with van der Waals surface area (Å²) in [4.78, 5) is 11.7. The zero-order valence-electron chi connectivity index (χ0n) is 13.2. The number of rotatable bonds is 7. The van der Waals surface area contributed by atoms with Crippen molar-refractivity contribution in [3.63, 3.8) is 0 Å². The molecule has 1 aromatic heterocycles. The highest BCUT2D eigenvalue weighted by Gasteiger charge is 2.16. The van der Waals surface area contributed by atoms with Crippen LogP contribution >= 0.6 is 0 Å². The molecule has 0 saturated heterocycles. The van der Waals surface area contributed by atoms with Crippen LogP contribution in [0.3, 0.4) is 0 Å². The van der Waals surface area contributed by atoms with Gasteiger partial charge in [0.15, 0.2) is 0 Å². The smallest absolute Gasteiger partial charge is 0.137 e. The molecule has 0 aliphatic rings. The van der Waals surface area contributed by atoms with Crippen LogP contribution in [0.2, 0.25) is 0 Å². The summed E-state index contributed by atoms with van der Waals surface area (Å²) < 4.78 is 0. The van der Waals surface area contributed by atoms with E-state index in [0.29, 0.717) is 5.92 Å². The standard InChI is InChI=1S/C15H28N4/c1-7-10-16-14-12(6)15(19(8-2)9-3)18-13(17-14)11(4)5/h11H,7-10H2,1-6H3,(H,16,17,18). The molecule has 0 aromatic carbocycles. The number of hydrogen-bond acceptors (Lipinski definition) is 4. The predicted octanol–water partition coefficient (Wildman–Crippen LogP) is 3.58. The summed E-state index contributed by atoms with van der Waals surface area (Å²) in [6, 6.07) is 0. The first kappa shape index (κ1) is 15.7. The third kappa shape index (κ3) is 3.82. The summed E-state index contributed by atoms with van der Waals surface area (Å²) in [7, 11) is 0. The zero-order valence-corrected chi connectivity index (χ0v) is 13.2. The lowest BCUT2D eigenvalue weighted by Crippen LogP contribution is -2.25. The second-order valence-electron chi connectivity index (χ2n) is 5.13. The molecule has 1 aromatic rings. The maximum atomic E-state index is 4.76. The minimum Gasteiger partial charge on any atom is -0.370 e. The first-order valence-electron chi connectivity index (χ1n) is 7.42. The van der Waals surface area contributed by atoms with Crippen molar-refractivity contribution in [1.82, 2.24) is 9.97 Å². The third-order valence-electron chi connectivity index (χ3n) is 3.26. The fourth-order valence-electron chi connectivity index (χ4n) is 2.03. The Morgan fingerprint density at radius 2 is 1.74 bits per heavy atom. The summed E-state index contributed by atoms with van der Waals surface area (Å²) in [6.45, 7) is 15.8. The molecule has 4 heteroatoms. The predicted molar refractivity (Wildman–Crippen MR) is 83.2 cm³/mol. The summed E-state index contributed by atoms with van der Waals surface area (Å²) in [5.41, 5.74) is 1.15. The van der Waals surface area contributed by atoms with E-state index in [1.165, 1.54) is 0 Å². The van der Waals surface area contributed by atoms with Crippen molar-refractivity contribution >= 4 is 11.6 Å². The van der Waals surface area contributed by atoms with Gasteiger partial charge in [-0.05, 0) is 27.2 Å². The number of aromatic nitrogens is 2. The molecule has 0 spiro atoms. The Hall–Kier alpha value is -1.32. The molecule has 0 aliphatic heterocycles. The molecule has 1 heterocycles. The quantitative estimate of drug-likeness (QED) is 0.817. The molecule has 0 saturated carbocycles. The Kier molecular flexibility index (Phi) is 6.06. The van der Waals surface area contributed by atoms with Gasteiger partial charge in [-0.3, -0.25) is 0 Å². The van der Waals surface area contributed by atoms with Crippen molar-refractivity contribution < 1.29 is 0 Å². The van der Waals surface area contributed by atoms with Crippen molar-refractivity contribution in [3.05, 3.63) is 11.4 Å². The SMILES string of the molecule is CCCNc1nc(C(C)C)nc(N(CC)CC)c1C. The molecule has 4 nitrogen and oxygen atoms in total. The number of hydrogen-bond donors (Lipinski definition) is 1. The van der Waals surface area contributed by atoms with Gasteiger partial charge < -0.3 is 10.2 Å². The average molecular weight is 264 g/mol. The number of nitrogens with one attached hydrogen (secondary N) is 1.